The second kappa shape index (κ2) is 5.17. The van der Waals surface area contributed by atoms with Crippen LogP contribution in [-0.4, -0.2) is 32.0 Å². The molecular weight excluding hydrogens is 278 g/mol. The van der Waals surface area contributed by atoms with Crippen LogP contribution < -0.4 is 4.72 Å². The summed E-state index contributed by atoms with van der Waals surface area (Å²) < 4.78 is 29.7. The van der Waals surface area contributed by atoms with Crippen molar-refractivity contribution in [2.75, 3.05) is 0 Å². The van der Waals surface area contributed by atoms with Crippen LogP contribution in [0.25, 0.3) is 0 Å². The molecule has 2 fully saturated rings. The van der Waals surface area contributed by atoms with Crippen molar-refractivity contribution in [1.82, 2.24) is 4.72 Å². The smallest absolute Gasteiger partial charge is 0.299 e. The van der Waals surface area contributed by atoms with E-state index < -0.39 is 15.5 Å². The molecule has 0 amide bonds. The second-order valence-corrected chi connectivity index (χ2v) is 7.72. The Morgan fingerprint density at radius 1 is 1.44 bits per heavy atom. The second-order valence-electron chi connectivity index (χ2n) is 5.39. The van der Waals surface area contributed by atoms with E-state index in [1.807, 2.05) is 11.1 Å². The van der Waals surface area contributed by atoms with Gasteiger partial charge in [0.2, 0.25) is 0 Å². The summed E-state index contributed by atoms with van der Waals surface area (Å²) in [5, 5.41) is 9.95. The molecule has 2 N–H and O–H groups in total. The first-order valence-corrected chi connectivity index (χ1v) is 8.49. The zero-order chi connectivity index (χ0) is 13.5. The van der Waals surface area contributed by atoms with Crippen molar-refractivity contribution in [3.05, 3.63) is 6.42 Å². The molecule has 5 nitrogen and oxygen atoms in total. The van der Waals surface area contributed by atoms with E-state index >= 15 is 0 Å². The molecule has 0 saturated carbocycles. The number of halogens is 1. The predicted octanol–water partition coefficient (Wildman–Crippen LogP) is 1.03. The molecule has 2 aliphatic rings. The van der Waals surface area contributed by atoms with Gasteiger partial charge in [-0.25, -0.2) is 0 Å². The van der Waals surface area contributed by atoms with Crippen molar-refractivity contribution in [3.8, 4) is 0 Å². The van der Waals surface area contributed by atoms with Crippen LogP contribution in [0.4, 0.5) is 0 Å². The summed E-state index contributed by atoms with van der Waals surface area (Å²) in [7, 11) is 1.16. The zero-order valence-corrected chi connectivity index (χ0v) is 12.0. The fourth-order valence-corrected chi connectivity index (χ4v) is 3.71. The Morgan fingerprint density at radius 3 is 2.67 bits per heavy atom. The monoisotopic (exact) mass is 296 g/mol. The van der Waals surface area contributed by atoms with Gasteiger partial charge in [0.05, 0.1) is 0 Å². The van der Waals surface area contributed by atoms with E-state index in [0.717, 1.165) is 12.8 Å². The summed E-state index contributed by atoms with van der Waals surface area (Å²) in [6.45, 7) is 4.23. The Labute approximate surface area is 112 Å². The standard InChI is InChI=1S/C11H19ClNO4S/c1-6(2)8-4-3-7-5-9(10(8)17-7)11(14)13-18(12,15)16/h5-11,13-14H,3-4H2,1-2H3/q+1/t7-,8?,9?,10+,11?/m0/s1. The molecule has 0 radical (unpaired) electrons. The molecular formula is C11H19ClNO4S+. The summed E-state index contributed by atoms with van der Waals surface area (Å²) in [5.74, 6) is 0.433. The van der Waals surface area contributed by atoms with E-state index in [4.69, 9.17) is 15.4 Å². The Hall–Kier alpha value is -0.0100. The molecule has 0 aliphatic carbocycles. The van der Waals surface area contributed by atoms with Gasteiger partial charge in [-0.1, -0.05) is 13.8 Å². The maximum Gasteiger partial charge on any atom is 0.299 e. The Kier molecular flexibility index (Phi) is 4.14. The highest BCUT2D eigenvalue weighted by Gasteiger charge is 2.54. The van der Waals surface area contributed by atoms with Crippen molar-refractivity contribution in [2.24, 2.45) is 17.8 Å². The van der Waals surface area contributed by atoms with Crippen molar-refractivity contribution >= 4 is 19.9 Å². The van der Waals surface area contributed by atoms with Gasteiger partial charge < -0.3 is 9.84 Å². The van der Waals surface area contributed by atoms with Crippen LogP contribution in [0.3, 0.4) is 0 Å². The van der Waals surface area contributed by atoms with Crippen LogP contribution in [0.1, 0.15) is 26.7 Å². The zero-order valence-electron chi connectivity index (χ0n) is 10.4. The first kappa shape index (κ1) is 14.4. The minimum atomic E-state index is -3.93. The highest BCUT2D eigenvalue weighted by atomic mass is 35.7. The van der Waals surface area contributed by atoms with Crippen molar-refractivity contribution < 1.29 is 18.3 Å². The van der Waals surface area contributed by atoms with Gasteiger partial charge in [0.15, 0.2) is 18.2 Å². The lowest BCUT2D eigenvalue weighted by Crippen LogP contribution is -2.44. The van der Waals surface area contributed by atoms with Crippen LogP contribution >= 0.6 is 10.7 Å². The molecule has 2 bridgehead atoms. The highest BCUT2D eigenvalue weighted by molar-refractivity contribution is 8.12. The number of rotatable bonds is 4. The number of fused-ring (bicyclic) bond motifs is 2. The SMILES string of the molecule is CC(C)C1CC[C@H]2[CH+]C(C(O)NS(=O)(=O)Cl)[C@@H]1O2. The maximum atomic E-state index is 10.9. The van der Waals surface area contributed by atoms with Crippen LogP contribution in [-0.2, 0) is 14.0 Å². The minimum Gasteiger partial charge on any atom is -0.373 e. The van der Waals surface area contributed by atoms with Crippen molar-refractivity contribution in [1.29, 1.82) is 0 Å². The van der Waals surface area contributed by atoms with Gasteiger partial charge in [-0.05, 0) is 18.3 Å². The molecule has 7 heteroatoms. The number of hydrogen-bond donors (Lipinski definition) is 2. The number of aliphatic hydroxyl groups excluding tert-OH is 1. The van der Waals surface area contributed by atoms with Crippen molar-refractivity contribution in [3.63, 3.8) is 0 Å². The number of nitrogens with one attached hydrogen (secondary N) is 1. The van der Waals surface area contributed by atoms with E-state index in [2.05, 4.69) is 13.8 Å². The number of aliphatic hydroxyl groups is 1. The van der Waals surface area contributed by atoms with Crippen LogP contribution in [0.5, 0.6) is 0 Å². The predicted molar refractivity (Wildman–Crippen MR) is 67.9 cm³/mol. The van der Waals surface area contributed by atoms with E-state index in [0.29, 0.717) is 11.8 Å². The molecule has 18 heavy (non-hydrogen) atoms. The molecule has 2 heterocycles. The third-order valence-corrected chi connectivity index (χ3v) is 4.63. The van der Waals surface area contributed by atoms with Gasteiger partial charge in [0.25, 0.3) is 9.24 Å². The Balaban J connectivity index is 2.09. The molecule has 2 rings (SSSR count). The summed E-state index contributed by atoms with van der Waals surface area (Å²) in [4.78, 5) is 0. The van der Waals surface area contributed by atoms with Crippen LogP contribution in [0.2, 0.25) is 0 Å². The molecule has 3 unspecified atom stereocenters. The van der Waals surface area contributed by atoms with E-state index in [9.17, 15) is 13.5 Å². The fourth-order valence-electron chi connectivity index (χ4n) is 2.99. The summed E-state index contributed by atoms with van der Waals surface area (Å²) in [6.07, 6.45) is 2.53. The maximum absolute atomic E-state index is 10.9. The highest BCUT2D eigenvalue weighted by Crippen LogP contribution is 2.43. The molecule has 104 valence electrons. The molecule has 0 aromatic carbocycles. The summed E-state index contributed by atoms with van der Waals surface area (Å²) in [6, 6.07) is 0. The minimum absolute atomic E-state index is 0.0180. The molecule has 5 atom stereocenters. The van der Waals surface area contributed by atoms with Gasteiger partial charge in [-0.2, -0.15) is 13.1 Å². The summed E-state index contributed by atoms with van der Waals surface area (Å²) >= 11 is 0. The van der Waals surface area contributed by atoms with Gasteiger partial charge in [-0.15, -0.1) is 0 Å². The quantitative estimate of drug-likeness (QED) is 0.462. The molecule has 0 aromatic rings. The lowest BCUT2D eigenvalue weighted by Gasteiger charge is -2.31. The summed E-state index contributed by atoms with van der Waals surface area (Å²) in [5.41, 5.74) is 0. The molecule has 2 saturated heterocycles. The van der Waals surface area contributed by atoms with Crippen molar-refractivity contribution in [2.45, 2.75) is 45.1 Å². The number of hydrogen-bond acceptors (Lipinski definition) is 4. The fraction of sp³-hybridized carbons (Fsp3) is 0.909. The third-order valence-electron chi connectivity index (χ3n) is 3.84. The van der Waals surface area contributed by atoms with E-state index in [1.165, 1.54) is 0 Å². The van der Waals surface area contributed by atoms with Gasteiger partial charge in [0, 0.05) is 17.1 Å². The lowest BCUT2D eigenvalue weighted by molar-refractivity contribution is -0.0718. The van der Waals surface area contributed by atoms with Gasteiger partial charge in [-0.3, -0.25) is 0 Å². The average molecular weight is 297 g/mol. The molecule has 2 aliphatic heterocycles. The number of ether oxygens (including phenoxy) is 1. The molecule has 0 spiro atoms. The van der Waals surface area contributed by atoms with Crippen LogP contribution in [0, 0.1) is 24.2 Å². The average Bonchev–Trinajstić information content (AvgIpc) is 2.53. The Morgan fingerprint density at radius 2 is 2.11 bits per heavy atom. The van der Waals surface area contributed by atoms with E-state index in [1.54, 1.807) is 0 Å². The molecule has 0 aromatic heterocycles. The lowest BCUT2D eigenvalue weighted by atomic mass is 9.81. The Bertz CT molecular complexity index is 400. The first-order chi connectivity index (χ1) is 8.28. The topological polar surface area (TPSA) is 75.6 Å². The normalized spacial score (nSPS) is 37.6. The third kappa shape index (κ3) is 3.11. The first-order valence-electron chi connectivity index (χ1n) is 6.18. The van der Waals surface area contributed by atoms with Gasteiger partial charge >= 0.3 is 0 Å². The van der Waals surface area contributed by atoms with E-state index in [-0.39, 0.29) is 18.1 Å². The van der Waals surface area contributed by atoms with Crippen LogP contribution in [0.15, 0.2) is 0 Å². The van der Waals surface area contributed by atoms with Gasteiger partial charge in [0.1, 0.15) is 12.5 Å². The largest absolute Gasteiger partial charge is 0.373 e.